The van der Waals surface area contributed by atoms with Crippen molar-refractivity contribution < 1.29 is 14.3 Å². The van der Waals surface area contributed by atoms with Crippen LogP contribution in [0.15, 0.2) is 18.2 Å². The number of carboxylic acid groups (broad SMARTS) is 1. The third-order valence-electron chi connectivity index (χ3n) is 3.13. The van der Waals surface area contributed by atoms with Gasteiger partial charge in [-0.2, -0.15) is 0 Å². The molecule has 112 valence electrons. The highest BCUT2D eigenvalue weighted by atomic mass is 35.5. The largest absolute Gasteiger partial charge is 0.481 e. The summed E-state index contributed by atoms with van der Waals surface area (Å²) in [5.41, 5.74) is 0.458. The Hall–Kier alpha value is -2.02. The quantitative estimate of drug-likeness (QED) is 0.918. The lowest BCUT2D eigenvalue weighted by Crippen LogP contribution is -2.21. The van der Waals surface area contributed by atoms with Crippen LogP contribution in [0.4, 0.5) is 4.39 Å². The Bertz CT molecular complexity index is 659. The molecule has 0 amide bonds. The van der Waals surface area contributed by atoms with Gasteiger partial charge in [-0.25, -0.2) is 9.07 Å². The van der Waals surface area contributed by atoms with Crippen LogP contribution in [-0.2, 0) is 4.79 Å². The van der Waals surface area contributed by atoms with Crippen LogP contribution in [0.1, 0.15) is 26.3 Å². The molecular formula is C13H14ClFN4O2. The van der Waals surface area contributed by atoms with E-state index in [1.807, 2.05) is 13.8 Å². The van der Waals surface area contributed by atoms with E-state index in [4.69, 9.17) is 16.7 Å². The van der Waals surface area contributed by atoms with Crippen molar-refractivity contribution in [2.75, 3.05) is 0 Å². The van der Waals surface area contributed by atoms with Crippen molar-refractivity contribution in [3.8, 4) is 11.4 Å². The first kappa shape index (κ1) is 15.4. The van der Waals surface area contributed by atoms with Gasteiger partial charge in [0.25, 0.3) is 0 Å². The highest BCUT2D eigenvalue weighted by molar-refractivity contribution is 6.33. The van der Waals surface area contributed by atoms with Gasteiger partial charge in [0.1, 0.15) is 5.82 Å². The van der Waals surface area contributed by atoms with Gasteiger partial charge in [0.05, 0.1) is 17.5 Å². The lowest BCUT2D eigenvalue weighted by atomic mass is 10.0. The van der Waals surface area contributed by atoms with Gasteiger partial charge in [0, 0.05) is 5.56 Å². The van der Waals surface area contributed by atoms with Gasteiger partial charge < -0.3 is 5.11 Å². The first-order valence-electron chi connectivity index (χ1n) is 6.35. The van der Waals surface area contributed by atoms with Gasteiger partial charge in [-0.05, 0) is 34.5 Å². The molecule has 1 N–H and O–H groups in total. The second-order valence-electron chi connectivity index (χ2n) is 4.98. The predicted octanol–water partition coefficient (Wildman–Crippen LogP) is 2.80. The second kappa shape index (κ2) is 6.17. The highest BCUT2D eigenvalue weighted by Gasteiger charge is 2.25. The Morgan fingerprint density at radius 2 is 2.19 bits per heavy atom. The lowest BCUT2D eigenvalue weighted by Gasteiger charge is -2.20. The van der Waals surface area contributed by atoms with Crippen LogP contribution in [0.5, 0.6) is 0 Å². The molecule has 0 aliphatic heterocycles. The monoisotopic (exact) mass is 312 g/mol. The normalized spacial score (nSPS) is 12.6. The van der Waals surface area contributed by atoms with E-state index in [0.29, 0.717) is 11.4 Å². The zero-order valence-electron chi connectivity index (χ0n) is 11.5. The molecule has 2 aromatic rings. The lowest BCUT2D eigenvalue weighted by molar-refractivity contribution is -0.138. The van der Waals surface area contributed by atoms with E-state index in [1.165, 1.54) is 16.8 Å². The highest BCUT2D eigenvalue weighted by Crippen LogP contribution is 2.30. The smallest absolute Gasteiger partial charge is 0.305 e. The summed E-state index contributed by atoms with van der Waals surface area (Å²) in [5, 5.41) is 20.5. The Morgan fingerprint density at radius 1 is 1.48 bits per heavy atom. The van der Waals surface area contributed by atoms with Crippen LogP contribution in [-0.4, -0.2) is 31.3 Å². The molecule has 0 saturated carbocycles. The predicted molar refractivity (Wildman–Crippen MR) is 74.3 cm³/mol. The number of aliphatic carboxylic acids is 1. The summed E-state index contributed by atoms with van der Waals surface area (Å²) in [6.07, 6.45) is -0.117. The summed E-state index contributed by atoms with van der Waals surface area (Å²) >= 11 is 6.02. The molecule has 0 spiro atoms. The number of hydrogen-bond acceptors (Lipinski definition) is 4. The molecule has 1 heterocycles. The van der Waals surface area contributed by atoms with Crippen LogP contribution < -0.4 is 0 Å². The summed E-state index contributed by atoms with van der Waals surface area (Å²) in [6.45, 7) is 3.76. The minimum Gasteiger partial charge on any atom is -0.481 e. The summed E-state index contributed by atoms with van der Waals surface area (Å²) in [6, 6.07) is 3.46. The maximum Gasteiger partial charge on any atom is 0.305 e. The average molecular weight is 313 g/mol. The minimum atomic E-state index is -0.944. The molecule has 6 nitrogen and oxygen atoms in total. The molecule has 1 atom stereocenters. The van der Waals surface area contributed by atoms with E-state index in [-0.39, 0.29) is 17.4 Å². The van der Waals surface area contributed by atoms with Gasteiger partial charge in [0.15, 0.2) is 5.82 Å². The Labute approximate surface area is 125 Å². The van der Waals surface area contributed by atoms with E-state index in [9.17, 15) is 9.18 Å². The molecule has 0 aliphatic rings. The van der Waals surface area contributed by atoms with Crippen LogP contribution in [0, 0.1) is 11.7 Å². The number of carboxylic acids is 1. The van der Waals surface area contributed by atoms with Crippen LogP contribution >= 0.6 is 11.6 Å². The van der Waals surface area contributed by atoms with Crippen LogP contribution in [0.3, 0.4) is 0 Å². The van der Waals surface area contributed by atoms with Gasteiger partial charge in [-0.15, -0.1) is 5.10 Å². The topological polar surface area (TPSA) is 80.9 Å². The Balaban J connectivity index is 2.48. The van der Waals surface area contributed by atoms with Gasteiger partial charge in [0.2, 0.25) is 0 Å². The van der Waals surface area contributed by atoms with Crippen molar-refractivity contribution in [2.24, 2.45) is 5.92 Å². The van der Waals surface area contributed by atoms with Crippen molar-refractivity contribution in [3.05, 3.63) is 29.0 Å². The number of nitrogens with zero attached hydrogens (tertiary/aromatic N) is 4. The summed E-state index contributed by atoms with van der Waals surface area (Å²) in [4.78, 5) is 11.0. The van der Waals surface area contributed by atoms with E-state index in [1.54, 1.807) is 0 Å². The Morgan fingerprint density at radius 3 is 2.76 bits per heavy atom. The molecule has 2 rings (SSSR count). The van der Waals surface area contributed by atoms with Crippen LogP contribution in [0.2, 0.25) is 5.02 Å². The van der Waals surface area contributed by atoms with E-state index in [2.05, 4.69) is 15.5 Å². The summed E-state index contributed by atoms with van der Waals surface area (Å²) < 4.78 is 14.6. The molecule has 0 aliphatic carbocycles. The molecule has 0 bridgehead atoms. The fourth-order valence-corrected chi connectivity index (χ4v) is 2.30. The van der Waals surface area contributed by atoms with Crippen molar-refractivity contribution in [3.63, 3.8) is 0 Å². The summed E-state index contributed by atoms with van der Waals surface area (Å²) in [5.74, 6) is -1.09. The van der Waals surface area contributed by atoms with Gasteiger partial charge >= 0.3 is 5.97 Å². The maximum atomic E-state index is 13.1. The number of tetrazole rings is 1. The standard InChI is InChI=1S/C13H14ClFN4O2/c1-7(2)11(6-12(20)21)19-13(16-17-18-19)9-4-3-8(15)5-10(9)14/h3-5,7,11H,6H2,1-2H3,(H,20,21). The zero-order chi connectivity index (χ0) is 15.6. The molecular weight excluding hydrogens is 299 g/mol. The first-order chi connectivity index (χ1) is 9.90. The minimum absolute atomic E-state index is 0.00238. The van der Waals surface area contributed by atoms with E-state index < -0.39 is 17.8 Å². The molecule has 21 heavy (non-hydrogen) atoms. The SMILES string of the molecule is CC(C)C(CC(=O)O)n1nnnc1-c1ccc(F)cc1Cl. The van der Waals surface area contributed by atoms with E-state index >= 15 is 0 Å². The van der Waals surface area contributed by atoms with Crippen molar-refractivity contribution in [1.82, 2.24) is 20.2 Å². The molecule has 1 aromatic heterocycles. The first-order valence-corrected chi connectivity index (χ1v) is 6.73. The number of rotatable bonds is 5. The molecule has 1 unspecified atom stereocenters. The average Bonchev–Trinajstić information content (AvgIpc) is 2.84. The van der Waals surface area contributed by atoms with Gasteiger partial charge in [-0.1, -0.05) is 25.4 Å². The number of halogens is 2. The Kier molecular flexibility index (Phi) is 4.52. The third kappa shape index (κ3) is 3.36. The fraction of sp³-hybridized carbons (Fsp3) is 0.385. The van der Waals surface area contributed by atoms with Gasteiger partial charge in [-0.3, -0.25) is 4.79 Å². The van der Waals surface area contributed by atoms with E-state index in [0.717, 1.165) is 6.07 Å². The molecule has 0 saturated heterocycles. The number of carbonyl (C=O) groups is 1. The number of benzene rings is 1. The maximum absolute atomic E-state index is 13.1. The molecule has 8 heteroatoms. The third-order valence-corrected chi connectivity index (χ3v) is 3.44. The second-order valence-corrected chi connectivity index (χ2v) is 5.39. The zero-order valence-corrected chi connectivity index (χ0v) is 12.3. The summed E-state index contributed by atoms with van der Waals surface area (Å²) in [7, 11) is 0. The number of hydrogen-bond donors (Lipinski definition) is 1. The molecule has 1 aromatic carbocycles. The fourth-order valence-electron chi connectivity index (χ4n) is 2.05. The molecule has 0 radical (unpaired) electrons. The number of aromatic nitrogens is 4. The van der Waals surface area contributed by atoms with Crippen molar-refractivity contribution >= 4 is 17.6 Å². The van der Waals surface area contributed by atoms with Crippen molar-refractivity contribution in [1.29, 1.82) is 0 Å². The van der Waals surface area contributed by atoms with Crippen molar-refractivity contribution in [2.45, 2.75) is 26.3 Å². The van der Waals surface area contributed by atoms with Crippen LogP contribution in [0.25, 0.3) is 11.4 Å². The molecule has 0 fully saturated rings.